The van der Waals surface area contributed by atoms with Gasteiger partial charge in [0.25, 0.3) is 0 Å². The zero-order valence-corrected chi connectivity index (χ0v) is 9.65. The minimum atomic E-state index is -0.527. The molecule has 15 heavy (non-hydrogen) atoms. The molecule has 1 aromatic carbocycles. The van der Waals surface area contributed by atoms with Crippen molar-refractivity contribution < 1.29 is 4.39 Å². The van der Waals surface area contributed by atoms with Crippen LogP contribution in [0.5, 0.6) is 0 Å². The largest absolute Gasteiger partial charge is 0.324 e. The van der Waals surface area contributed by atoms with Gasteiger partial charge in [0.1, 0.15) is 5.82 Å². The van der Waals surface area contributed by atoms with Gasteiger partial charge in [-0.2, -0.15) is 0 Å². The molecule has 0 unspecified atom stereocenters. The molecule has 2 N–H and O–H groups in total. The van der Waals surface area contributed by atoms with E-state index in [1.165, 1.54) is 6.07 Å². The molecule has 1 rings (SSSR count). The molecular formula is C11H12Cl2FN. The summed E-state index contributed by atoms with van der Waals surface area (Å²) >= 11 is 11.5. The zero-order valence-electron chi connectivity index (χ0n) is 8.14. The van der Waals surface area contributed by atoms with Gasteiger partial charge in [-0.05, 0) is 25.0 Å². The second kappa shape index (κ2) is 5.50. The number of benzene rings is 1. The van der Waals surface area contributed by atoms with Gasteiger partial charge >= 0.3 is 0 Å². The molecule has 82 valence electrons. The Bertz CT molecular complexity index is 366. The Balaban J connectivity index is 3.01. The summed E-state index contributed by atoms with van der Waals surface area (Å²) in [5.74, 6) is -0.527. The van der Waals surface area contributed by atoms with Gasteiger partial charge in [-0.25, -0.2) is 4.39 Å². The fourth-order valence-electron chi connectivity index (χ4n) is 1.32. The summed E-state index contributed by atoms with van der Waals surface area (Å²) in [4.78, 5) is 0. The second-order valence-electron chi connectivity index (χ2n) is 3.23. The monoisotopic (exact) mass is 247 g/mol. The van der Waals surface area contributed by atoms with Crippen LogP contribution in [0.1, 0.15) is 24.4 Å². The fourth-order valence-corrected chi connectivity index (χ4v) is 1.78. The average Bonchev–Trinajstić information content (AvgIpc) is 2.21. The Hall–Kier alpha value is -0.570. The SMILES string of the molecule is C=CCC[C@@H](N)c1c(Cl)ccc(Cl)c1F. The predicted octanol–water partition coefficient (Wildman–Crippen LogP) is 4.10. The number of allylic oxidation sites excluding steroid dienone is 1. The molecule has 0 aliphatic rings. The Kier molecular flexibility index (Phi) is 4.58. The van der Waals surface area contributed by atoms with Crippen molar-refractivity contribution in [3.63, 3.8) is 0 Å². The molecule has 0 aromatic heterocycles. The summed E-state index contributed by atoms with van der Waals surface area (Å²) in [5.41, 5.74) is 6.10. The maximum Gasteiger partial charge on any atom is 0.148 e. The van der Waals surface area contributed by atoms with Crippen LogP contribution in [-0.4, -0.2) is 0 Å². The second-order valence-corrected chi connectivity index (χ2v) is 4.04. The van der Waals surface area contributed by atoms with Crippen molar-refractivity contribution in [3.8, 4) is 0 Å². The van der Waals surface area contributed by atoms with Gasteiger partial charge < -0.3 is 5.73 Å². The highest BCUT2D eigenvalue weighted by molar-refractivity contribution is 6.33. The average molecular weight is 248 g/mol. The maximum atomic E-state index is 13.6. The van der Waals surface area contributed by atoms with Crippen LogP contribution >= 0.6 is 23.2 Å². The minimum absolute atomic E-state index is 0.0449. The van der Waals surface area contributed by atoms with E-state index in [1.54, 1.807) is 12.1 Å². The molecule has 0 fully saturated rings. The summed E-state index contributed by atoms with van der Waals surface area (Å²) in [6.45, 7) is 3.58. The van der Waals surface area contributed by atoms with Crippen molar-refractivity contribution in [1.29, 1.82) is 0 Å². The molecule has 0 amide bonds. The van der Waals surface area contributed by atoms with Gasteiger partial charge in [0.15, 0.2) is 0 Å². The van der Waals surface area contributed by atoms with Gasteiger partial charge in [-0.3, -0.25) is 0 Å². The molecule has 0 bridgehead atoms. The minimum Gasteiger partial charge on any atom is -0.324 e. The smallest absolute Gasteiger partial charge is 0.148 e. The van der Waals surface area contributed by atoms with E-state index in [-0.39, 0.29) is 10.6 Å². The van der Waals surface area contributed by atoms with E-state index in [2.05, 4.69) is 6.58 Å². The molecule has 0 aliphatic heterocycles. The predicted molar refractivity (Wildman–Crippen MR) is 62.8 cm³/mol. The van der Waals surface area contributed by atoms with Crippen molar-refractivity contribution in [1.82, 2.24) is 0 Å². The molecule has 0 aliphatic carbocycles. The molecule has 0 spiro atoms. The van der Waals surface area contributed by atoms with Crippen molar-refractivity contribution in [2.45, 2.75) is 18.9 Å². The van der Waals surface area contributed by atoms with E-state index >= 15 is 0 Å². The summed E-state index contributed by atoms with van der Waals surface area (Å²) in [7, 11) is 0. The first-order chi connectivity index (χ1) is 7.07. The Morgan fingerprint density at radius 3 is 2.60 bits per heavy atom. The van der Waals surface area contributed by atoms with Crippen LogP contribution in [0.3, 0.4) is 0 Å². The first-order valence-corrected chi connectivity index (χ1v) is 5.33. The van der Waals surface area contributed by atoms with Crippen molar-refractivity contribution >= 4 is 23.2 Å². The number of hydrogen-bond donors (Lipinski definition) is 1. The highest BCUT2D eigenvalue weighted by Gasteiger charge is 2.17. The van der Waals surface area contributed by atoms with E-state index in [4.69, 9.17) is 28.9 Å². The lowest BCUT2D eigenvalue weighted by Crippen LogP contribution is -2.12. The molecular weight excluding hydrogens is 236 g/mol. The van der Waals surface area contributed by atoms with E-state index in [9.17, 15) is 4.39 Å². The number of halogens is 3. The van der Waals surface area contributed by atoms with Crippen LogP contribution in [-0.2, 0) is 0 Å². The Morgan fingerprint density at radius 2 is 2.00 bits per heavy atom. The van der Waals surface area contributed by atoms with Crippen molar-refractivity contribution in [3.05, 3.63) is 46.2 Å². The van der Waals surface area contributed by atoms with Crippen LogP contribution in [0.4, 0.5) is 4.39 Å². The van der Waals surface area contributed by atoms with Crippen LogP contribution in [0.2, 0.25) is 10.0 Å². The van der Waals surface area contributed by atoms with Gasteiger partial charge in [-0.1, -0.05) is 29.3 Å². The van der Waals surface area contributed by atoms with Gasteiger partial charge in [0.05, 0.1) is 5.02 Å². The van der Waals surface area contributed by atoms with Crippen LogP contribution < -0.4 is 5.73 Å². The Labute approximate surface area is 98.7 Å². The van der Waals surface area contributed by atoms with E-state index in [0.29, 0.717) is 17.9 Å². The summed E-state index contributed by atoms with van der Waals surface area (Å²) in [5, 5.41) is 0.358. The first-order valence-electron chi connectivity index (χ1n) is 4.57. The third kappa shape index (κ3) is 2.94. The lowest BCUT2D eigenvalue weighted by molar-refractivity contribution is 0.567. The molecule has 0 heterocycles. The normalized spacial score (nSPS) is 12.5. The quantitative estimate of drug-likeness (QED) is 0.630. The van der Waals surface area contributed by atoms with Crippen molar-refractivity contribution in [2.24, 2.45) is 5.73 Å². The van der Waals surface area contributed by atoms with Crippen molar-refractivity contribution in [2.75, 3.05) is 0 Å². The van der Waals surface area contributed by atoms with E-state index in [0.717, 1.165) is 0 Å². The highest BCUT2D eigenvalue weighted by atomic mass is 35.5. The topological polar surface area (TPSA) is 26.0 Å². The summed E-state index contributed by atoms with van der Waals surface area (Å²) < 4.78 is 13.6. The molecule has 1 atom stereocenters. The van der Waals surface area contributed by atoms with Gasteiger partial charge in [0, 0.05) is 16.6 Å². The maximum absolute atomic E-state index is 13.6. The fraction of sp³-hybridized carbons (Fsp3) is 0.273. The number of rotatable bonds is 4. The third-order valence-electron chi connectivity index (χ3n) is 2.13. The summed E-state index contributed by atoms with van der Waals surface area (Å²) in [6.07, 6.45) is 3.04. The molecule has 1 aromatic rings. The highest BCUT2D eigenvalue weighted by Crippen LogP contribution is 2.31. The van der Waals surface area contributed by atoms with Gasteiger partial charge in [-0.15, -0.1) is 6.58 Å². The lowest BCUT2D eigenvalue weighted by Gasteiger charge is -2.14. The summed E-state index contributed by atoms with van der Waals surface area (Å²) in [6, 6.07) is 2.52. The zero-order chi connectivity index (χ0) is 11.4. The first kappa shape index (κ1) is 12.5. The number of nitrogens with two attached hydrogens (primary N) is 1. The molecule has 1 nitrogen and oxygen atoms in total. The molecule has 4 heteroatoms. The van der Waals surface area contributed by atoms with Crippen LogP contribution in [0, 0.1) is 5.82 Å². The lowest BCUT2D eigenvalue weighted by atomic mass is 10.0. The third-order valence-corrected chi connectivity index (χ3v) is 2.75. The van der Waals surface area contributed by atoms with Crippen LogP contribution in [0.25, 0.3) is 0 Å². The van der Waals surface area contributed by atoms with Gasteiger partial charge in [0.2, 0.25) is 0 Å². The number of hydrogen-bond acceptors (Lipinski definition) is 1. The van der Waals surface area contributed by atoms with E-state index < -0.39 is 11.9 Å². The molecule has 0 radical (unpaired) electrons. The molecule has 0 saturated heterocycles. The Morgan fingerprint density at radius 1 is 1.40 bits per heavy atom. The van der Waals surface area contributed by atoms with Crippen LogP contribution in [0.15, 0.2) is 24.8 Å². The van der Waals surface area contributed by atoms with E-state index in [1.807, 2.05) is 0 Å². The molecule has 0 saturated carbocycles. The standard InChI is InChI=1S/C11H12Cl2FN/c1-2-3-4-9(15)10-7(12)5-6-8(13)11(10)14/h2,5-6,9H,1,3-4,15H2/t9-/m1/s1.